The minimum atomic E-state index is -4.84. The van der Waals surface area contributed by atoms with Gasteiger partial charge in [-0.3, -0.25) is 9.59 Å². The SMILES string of the molecule is COC[C@@]1(C)COC[C@@H](COc2ccc(-c3cc(C(N)=O)c(=O)[nH]c3C(F)(F)F)cc2)O1. The van der Waals surface area contributed by atoms with E-state index in [1.807, 2.05) is 6.92 Å². The van der Waals surface area contributed by atoms with Gasteiger partial charge in [0, 0.05) is 12.7 Å². The number of hydrogen-bond donors (Lipinski definition) is 2. The predicted octanol–water partition coefficient (Wildman–Crippen LogP) is 2.36. The van der Waals surface area contributed by atoms with Crippen molar-refractivity contribution in [2.24, 2.45) is 5.73 Å². The number of halogens is 3. The highest BCUT2D eigenvalue weighted by molar-refractivity contribution is 5.94. The van der Waals surface area contributed by atoms with Crippen molar-refractivity contribution in [3.63, 3.8) is 0 Å². The maximum atomic E-state index is 13.4. The Morgan fingerprint density at radius 1 is 1.31 bits per heavy atom. The highest BCUT2D eigenvalue weighted by Gasteiger charge is 2.36. The molecular formula is C21H23F3N2O6. The summed E-state index contributed by atoms with van der Waals surface area (Å²) in [6.07, 6.45) is -5.19. The number of primary amides is 1. The molecule has 1 aromatic carbocycles. The number of rotatable bonds is 7. The number of nitrogens with one attached hydrogen (secondary N) is 1. The van der Waals surface area contributed by atoms with Crippen molar-refractivity contribution >= 4 is 5.91 Å². The quantitative estimate of drug-likeness (QED) is 0.662. The van der Waals surface area contributed by atoms with E-state index in [4.69, 9.17) is 24.7 Å². The molecule has 1 fully saturated rings. The number of amides is 1. The molecule has 2 aromatic rings. The summed E-state index contributed by atoms with van der Waals surface area (Å²) in [5.41, 5.74) is 1.20. The molecule has 1 aromatic heterocycles. The first-order valence-corrected chi connectivity index (χ1v) is 9.64. The molecule has 174 valence electrons. The molecule has 1 amide bonds. The van der Waals surface area contributed by atoms with Crippen LogP contribution in [0.2, 0.25) is 0 Å². The number of aromatic nitrogens is 1. The normalized spacial score (nSPS) is 21.3. The molecule has 0 spiro atoms. The van der Waals surface area contributed by atoms with E-state index in [9.17, 15) is 22.8 Å². The molecule has 1 aliphatic heterocycles. The third kappa shape index (κ3) is 5.47. The third-order valence-electron chi connectivity index (χ3n) is 4.80. The average Bonchev–Trinajstić information content (AvgIpc) is 2.71. The Hall–Kier alpha value is -2.89. The van der Waals surface area contributed by atoms with Crippen molar-refractivity contribution in [3.8, 4) is 16.9 Å². The lowest BCUT2D eigenvalue weighted by molar-refractivity contribution is -0.213. The summed E-state index contributed by atoms with van der Waals surface area (Å²) >= 11 is 0. The Balaban J connectivity index is 1.78. The van der Waals surface area contributed by atoms with E-state index in [-0.39, 0.29) is 23.8 Å². The molecule has 0 bridgehead atoms. The van der Waals surface area contributed by atoms with Gasteiger partial charge in [0.2, 0.25) is 0 Å². The van der Waals surface area contributed by atoms with Gasteiger partial charge in [-0.25, -0.2) is 0 Å². The Bertz CT molecular complexity index is 1020. The van der Waals surface area contributed by atoms with Crippen LogP contribution in [0.3, 0.4) is 0 Å². The topological polar surface area (TPSA) is 113 Å². The van der Waals surface area contributed by atoms with Gasteiger partial charge >= 0.3 is 6.18 Å². The Morgan fingerprint density at radius 3 is 2.59 bits per heavy atom. The Morgan fingerprint density at radius 2 is 2.00 bits per heavy atom. The van der Waals surface area contributed by atoms with Gasteiger partial charge in [-0.15, -0.1) is 0 Å². The fourth-order valence-corrected chi connectivity index (χ4v) is 3.42. The van der Waals surface area contributed by atoms with Gasteiger partial charge in [0.15, 0.2) is 0 Å². The molecule has 2 heterocycles. The molecule has 2 atom stereocenters. The minimum Gasteiger partial charge on any atom is -0.491 e. The summed E-state index contributed by atoms with van der Waals surface area (Å²) in [6.45, 7) is 3.10. The molecule has 32 heavy (non-hydrogen) atoms. The van der Waals surface area contributed by atoms with E-state index in [1.54, 1.807) is 12.1 Å². The summed E-state index contributed by atoms with van der Waals surface area (Å²) in [5, 5.41) is 0. The smallest absolute Gasteiger partial charge is 0.431 e. The van der Waals surface area contributed by atoms with Crippen molar-refractivity contribution in [2.75, 3.05) is 33.5 Å². The zero-order valence-electron chi connectivity index (χ0n) is 17.5. The van der Waals surface area contributed by atoms with Crippen LogP contribution in [0.4, 0.5) is 13.2 Å². The van der Waals surface area contributed by atoms with Crippen LogP contribution in [0, 0.1) is 0 Å². The van der Waals surface area contributed by atoms with Crippen LogP contribution < -0.4 is 16.0 Å². The van der Waals surface area contributed by atoms with E-state index in [1.165, 1.54) is 24.3 Å². The standard InChI is InChI=1S/C21H23F3N2O6/c1-20(10-29-2)11-30-8-14(32-20)9-31-13-5-3-12(4-6-13)15-7-16(18(25)27)19(28)26-17(15)21(22,23)24/h3-7,14H,8-11H2,1-2H3,(H2,25,27)(H,26,28)/t14-,20-/m0/s1. The number of carbonyl (C=O) groups is 1. The summed E-state index contributed by atoms with van der Waals surface area (Å²) in [5.74, 6) is -0.735. The Kier molecular flexibility index (Phi) is 6.91. The molecule has 0 unspecified atom stereocenters. The van der Waals surface area contributed by atoms with Gasteiger partial charge in [-0.2, -0.15) is 13.2 Å². The molecule has 11 heteroatoms. The molecule has 3 N–H and O–H groups in total. The number of hydrogen-bond acceptors (Lipinski definition) is 6. The van der Waals surface area contributed by atoms with Crippen molar-refractivity contribution in [1.82, 2.24) is 4.98 Å². The first kappa shape index (κ1) is 23.8. The number of alkyl halides is 3. The lowest BCUT2D eigenvalue weighted by atomic mass is 10.0. The first-order chi connectivity index (χ1) is 15.0. The van der Waals surface area contributed by atoms with Gasteiger partial charge in [0.05, 0.1) is 19.8 Å². The number of pyridine rings is 1. The van der Waals surface area contributed by atoms with Gasteiger partial charge in [0.1, 0.15) is 35.3 Å². The number of benzene rings is 1. The maximum absolute atomic E-state index is 13.4. The number of H-pyrrole nitrogens is 1. The van der Waals surface area contributed by atoms with Crippen LogP contribution in [-0.2, 0) is 20.4 Å². The van der Waals surface area contributed by atoms with E-state index < -0.39 is 34.5 Å². The van der Waals surface area contributed by atoms with Crippen molar-refractivity contribution < 1.29 is 36.9 Å². The molecule has 0 aliphatic carbocycles. The van der Waals surface area contributed by atoms with Crippen LogP contribution in [0.15, 0.2) is 35.1 Å². The summed E-state index contributed by atoms with van der Waals surface area (Å²) < 4.78 is 62.6. The number of nitrogens with two attached hydrogens (primary N) is 1. The minimum absolute atomic E-state index is 0.119. The number of aromatic amines is 1. The number of ether oxygens (including phenoxy) is 4. The summed E-state index contributed by atoms with van der Waals surface area (Å²) in [7, 11) is 1.56. The monoisotopic (exact) mass is 456 g/mol. The molecule has 3 rings (SSSR count). The summed E-state index contributed by atoms with van der Waals surface area (Å²) in [6, 6.07) is 6.56. The summed E-state index contributed by atoms with van der Waals surface area (Å²) in [4.78, 5) is 24.9. The van der Waals surface area contributed by atoms with E-state index >= 15 is 0 Å². The predicted molar refractivity (Wildman–Crippen MR) is 107 cm³/mol. The second-order valence-electron chi connectivity index (χ2n) is 7.64. The van der Waals surface area contributed by atoms with Gasteiger partial charge in [0.25, 0.3) is 11.5 Å². The highest BCUT2D eigenvalue weighted by Crippen LogP contribution is 2.35. The fourth-order valence-electron chi connectivity index (χ4n) is 3.42. The van der Waals surface area contributed by atoms with Crippen LogP contribution in [0.5, 0.6) is 5.75 Å². The molecule has 1 aliphatic rings. The van der Waals surface area contributed by atoms with Crippen molar-refractivity contribution in [1.29, 1.82) is 0 Å². The molecular weight excluding hydrogens is 433 g/mol. The number of carbonyl (C=O) groups excluding carboxylic acids is 1. The van der Waals surface area contributed by atoms with Gasteiger partial charge in [-0.05, 0) is 30.7 Å². The van der Waals surface area contributed by atoms with E-state index in [0.717, 1.165) is 6.07 Å². The molecule has 8 nitrogen and oxygen atoms in total. The zero-order chi connectivity index (χ0) is 23.5. The van der Waals surface area contributed by atoms with Crippen molar-refractivity contribution in [3.05, 3.63) is 51.9 Å². The fraction of sp³-hybridized carbons (Fsp3) is 0.429. The molecule has 0 radical (unpaired) electrons. The van der Waals surface area contributed by atoms with E-state index in [0.29, 0.717) is 25.6 Å². The van der Waals surface area contributed by atoms with Crippen LogP contribution >= 0.6 is 0 Å². The van der Waals surface area contributed by atoms with Crippen LogP contribution in [0.25, 0.3) is 11.1 Å². The van der Waals surface area contributed by atoms with Gasteiger partial charge < -0.3 is 29.7 Å². The highest BCUT2D eigenvalue weighted by atomic mass is 19.4. The second kappa shape index (κ2) is 9.31. The maximum Gasteiger partial charge on any atom is 0.431 e. The van der Waals surface area contributed by atoms with Crippen LogP contribution in [-0.4, -0.2) is 56.1 Å². The third-order valence-corrected chi connectivity index (χ3v) is 4.80. The lowest BCUT2D eigenvalue weighted by Gasteiger charge is -2.37. The average molecular weight is 456 g/mol. The molecule has 0 saturated carbocycles. The molecule has 1 saturated heterocycles. The first-order valence-electron chi connectivity index (χ1n) is 9.64. The van der Waals surface area contributed by atoms with Crippen LogP contribution in [0.1, 0.15) is 23.0 Å². The second-order valence-corrected chi connectivity index (χ2v) is 7.64. The van der Waals surface area contributed by atoms with E-state index in [2.05, 4.69) is 0 Å². The van der Waals surface area contributed by atoms with Gasteiger partial charge in [-0.1, -0.05) is 12.1 Å². The Labute approximate surface area is 181 Å². The largest absolute Gasteiger partial charge is 0.491 e. The van der Waals surface area contributed by atoms with Crippen molar-refractivity contribution in [2.45, 2.75) is 24.8 Å². The number of methoxy groups -OCH3 is 1. The zero-order valence-corrected chi connectivity index (χ0v) is 17.5. The lowest BCUT2D eigenvalue weighted by Crippen LogP contribution is -2.50.